The van der Waals surface area contributed by atoms with Crippen molar-refractivity contribution in [2.45, 2.75) is 40.2 Å². The Balaban J connectivity index is 1.94. The largest absolute Gasteiger partial charge is 0.468 e. The number of benzene rings is 1. The number of nitrogens with zero attached hydrogens (tertiary/aromatic N) is 1. The molecule has 0 atom stereocenters. The molecule has 0 saturated heterocycles. The second kappa shape index (κ2) is 8.03. The Hall–Kier alpha value is -2.60. The van der Waals surface area contributed by atoms with Crippen molar-refractivity contribution in [3.8, 4) is 0 Å². The van der Waals surface area contributed by atoms with Gasteiger partial charge in [-0.05, 0) is 30.0 Å². The minimum Gasteiger partial charge on any atom is -0.468 e. The summed E-state index contributed by atoms with van der Waals surface area (Å²) in [6.07, 6.45) is 0.987. The van der Waals surface area contributed by atoms with Gasteiger partial charge in [-0.25, -0.2) is 0 Å². The zero-order chi connectivity index (χ0) is 21.3. The Morgan fingerprint density at radius 1 is 1.21 bits per heavy atom. The van der Waals surface area contributed by atoms with Crippen LogP contribution in [-0.2, 0) is 22.5 Å². The van der Waals surface area contributed by atoms with E-state index in [1.54, 1.807) is 31.2 Å². The third kappa shape index (κ3) is 4.53. The molecule has 0 unspecified atom stereocenters. The SMILES string of the molecule is COC(=O)CN(Cc1ccc(Cl)cc1)C(=O)c1oc2c(c1C)C(=O)CC(C)(C)C2. The van der Waals surface area contributed by atoms with Gasteiger partial charge in [0.15, 0.2) is 11.5 Å². The lowest BCUT2D eigenvalue weighted by atomic mass is 9.76. The summed E-state index contributed by atoms with van der Waals surface area (Å²) in [7, 11) is 1.27. The number of ketones is 1. The summed E-state index contributed by atoms with van der Waals surface area (Å²) < 4.78 is 10.6. The lowest BCUT2D eigenvalue weighted by Gasteiger charge is -2.27. The van der Waals surface area contributed by atoms with Gasteiger partial charge < -0.3 is 14.1 Å². The van der Waals surface area contributed by atoms with Gasteiger partial charge in [0.05, 0.1) is 12.7 Å². The van der Waals surface area contributed by atoms with E-state index in [1.807, 2.05) is 13.8 Å². The van der Waals surface area contributed by atoms with Crippen LogP contribution in [0.25, 0.3) is 0 Å². The topological polar surface area (TPSA) is 76.8 Å². The van der Waals surface area contributed by atoms with Gasteiger partial charge in [-0.1, -0.05) is 37.6 Å². The van der Waals surface area contributed by atoms with E-state index < -0.39 is 11.9 Å². The van der Waals surface area contributed by atoms with E-state index in [2.05, 4.69) is 0 Å². The zero-order valence-electron chi connectivity index (χ0n) is 17.0. The summed E-state index contributed by atoms with van der Waals surface area (Å²) in [5, 5.41) is 0.579. The summed E-state index contributed by atoms with van der Waals surface area (Å²) in [6.45, 7) is 5.65. The first-order chi connectivity index (χ1) is 13.6. The highest BCUT2D eigenvalue weighted by molar-refractivity contribution is 6.30. The van der Waals surface area contributed by atoms with Crippen molar-refractivity contribution in [1.82, 2.24) is 4.90 Å². The van der Waals surface area contributed by atoms with Crippen LogP contribution < -0.4 is 0 Å². The third-order valence-corrected chi connectivity index (χ3v) is 5.34. The average molecular weight is 418 g/mol. The van der Waals surface area contributed by atoms with Gasteiger partial charge in [-0.15, -0.1) is 0 Å². The molecule has 1 aromatic carbocycles. The molecule has 29 heavy (non-hydrogen) atoms. The highest BCUT2D eigenvalue weighted by Gasteiger charge is 2.38. The average Bonchev–Trinajstić information content (AvgIpc) is 2.97. The van der Waals surface area contributed by atoms with Gasteiger partial charge in [0.1, 0.15) is 12.3 Å². The molecule has 0 aliphatic heterocycles. The number of fused-ring (bicyclic) bond motifs is 1. The molecule has 1 aromatic heterocycles. The lowest BCUT2D eigenvalue weighted by molar-refractivity contribution is -0.141. The predicted molar refractivity (Wildman–Crippen MR) is 108 cm³/mol. The van der Waals surface area contributed by atoms with Gasteiger partial charge >= 0.3 is 5.97 Å². The minimum absolute atomic E-state index is 0.0197. The Labute approximate surface area is 174 Å². The molecule has 0 spiro atoms. The monoisotopic (exact) mass is 417 g/mol. The number of ether oxygens (including phenoxy) is 1. The maximum atomic E-state index is 13.3. The Morgan fingerprint density at radius 2 is 1.86 bits per heavy atom. The van der Waals surface area contributed by atoms with E-state index in [0.717, 1.165) is 5.56 Å². The smallest absolute Gasteiger partial charge is 0.325 e. The van der Waals surface area contributed by atoms with Crippen molar-refractivity contribution in [2.24, 2.45) is 5.41 Å². The number of Topliss-reactive ketones (excluding diaryl/α,β-unsaturated/α-hetero) is 1. The minimum atomic E-state index is -0.543. The molecule has 3 rings (SSSR count). The van der Waals surface area contributed by atoms with Crippen molar-refractivity contribution in [1.29, 1.82) is 0 Å². The summed E-state index contributed by atoms with van der Waals surface area (Å²) >= 11 is 5.93. The van der Waals surface area contributed by atoms with E-state index in [1.165, 1.54) is 12.0 Å². The van der Waals surface area contributed by atoms with Crippen LogP contribution in [-0.4, -0.2) is 36.2 Å². The van der Waals surface area contributed by atoms with E-state index in [4.69, 9.17) is 20.8 Å². The number of amides is 1. The number of esters is 1. The first kappa shape index (κ1) is 21.1. The number of furan rings is 1. The Kier molecular flexibility index (Phi) is 5.85. The Morgan fingerprint density at radius 3 is 2.48 bits per heavy atom. The molecule has 0 N–H and O–H groups in total. The van der Waals surface area contributed by atoms with E-state index in [-0.39, 0.29) is 30.0 Å². The first-order valence-electron chi connectivity index (χ1n) is 9.37. The fraction of sp³-hybridized carbons (Fsp3) is 0.409. The van der Waals surface area contributed by atoms with Crippen molar-refractivity contribution in [3.63, 3.8) is 0 Å². The number of hydrogen-bond donors (Lipinski definition) is 0. The maximum absolute atomic E-state index is 13.3. The van der Waals surface area contributed by atoms with Crippen LogP contribution in [0, 0.1) is 12.3 Å². The van der Waals surface area contributed by atoms with Gasteiger partial charge in [0.2, 0.25) is 0 Å². The van der Waals surface area contributed by atoms with Crippen LogP contribution in [0.3, 0.4) is 0 Å². The molecule has 6 nitrogen and oxygen atoms in total. The van der Waals surface area contributed by atoms with Gasteiger partial charge in [-0.3, -0.25) is 14.4 Å². The second-order valence-electron chi connectivity index (χ2n) is 8.16. The number of halogens is 1. The summed E-state index contributed by atoms with van der Waals surface area (Å²) in [5.41, 5.74) is 1.61. The quantitative estimate of drug-likeness (QED) is 0.681. The number of carbonyl (C=O) groups is 3. The molecular weight excluding hydrogens is 394 g/mol. The first-order valence-corrected chi connectivity index (χ1v) is 9.75. The molecule has 1 heterocycles. The molecule has 0 saturated carbocycles. The van der Waals surface area contributed by atoms with Crippen LogP contribution >= 0.6 is 11.6 Å². The summed E-state index contributed by atoms with van der Waals surface area (Å²) in [4.78, 5) is 39.1. The molecular formula is C22H24ClNO5. The molecule has 0 bridgehead atoms. The predicted octanol–water partition coefficient (Wildman–Crippen LogP) is 4.21. The molecule has 1 aliphatic rings. The fourth-order valence-electron chi connectivity index (χ4n) is 3.66. The molecule has 0 radical (unpaired) electrons. The van der Waals surface area contributed by atoms with Crippen LogP contribution in [0.15, 0.2) is 28.7 Å². The molecule has 2 aromatic rings. The number of methoxy groups -OCH3 is 1. The summed E-state index contributed by atoms with van der Waals surface area (Å²) in [6, 6.07) is 7.00. The number of carbonyl (C=O) groups excluding carboxylic acids is 3. The van der Waals surface area contributed by atoms with Crippen molar-refractivity contribution >= 4 is 29.3 Å². The van der Waals surface area contributed by atoms with Crippen molar-refractivity contribution < 1.29 is 23.5 Å². The van der Waals surface area contributed by atoms with Crippen LogP contribution in [0.2, 0.25) is 5.02 Å². The standard InChI is InChI=1S/C22H24ClNO5/c1-13-19-16(25)9-22(2,3)10-17(19)29-20(13)21(27)24(12-18(26)28-4)11-14-5-7-15(23)8-6-14/h5-8H,9-12H2,1-4H3. The van der Waals surface area contributed by atoms with Gasteiger partial charge in [-0.2, -0.15) is 0 Å². The number of rotatable bonds is 5. The van der Waals surface area contributed by atoms with E-state index in [9.17, 15) is 14.4 Å². The van der Waals surface area contributed by atoms with Crippen LogP contribution in [0.1, 0.15) is 58.1 Å². The van der Waals surface area contributed by atoms with Gasteiger partial charge in [0.25, 0.3) is 5.91 Å². The Bertz CT molecular complexity index is 958. The fourth-order valence-corrected chi connectivity index (χ4v) is 3.79. The number of hydrogen-bond acceptors (Lipinski definition) is 5. The normalized spacial score (nSPS) is 15.0. The van der Waals surface area contributed by atoms with Crippen molar-refractivity contribution in [3.05, 3.63) is 57.5 Å². The third-order valence-electron chi connectivity index (χ3n) is 5.09. The molecule has 1 amide bonds. The second-order valence-corrected chi connectivity index (χ2v) is 8.60. The summed E-state index contributed by atoms with van der Waals surface area (Å²) in [5.74, 6) is -0.384. The highest BCUT2D eigenvalue weighted by Crippen LogP contribution is 2.38. The van der Waals surface area contributed by atoms with Crippen LogP contribution in [0.4, 0.5) is 0 Å². The molecule has 154 valence electrons. The molecule has 0 fully saturated rings. The molecule has 1 aliphatic carbocycles. The molecule has 7 heteroatoms. The van der Waals surface area contributed by atoms with E-state index in [0.29, 0.717) is 34.8 Å². The highest BCUT2D eigenvalue weighted by atomic mass is 35.5. The van der Waals surface area contributed by atoms with Gasteiger partial charge in [0, 0.05) is 30.0 Å². The van der Waals surface area contributed by atoms with E-state index >= 15 is 0 Å². The van der Waals surface area contributed by atoms with Crippen molar-refractivity contribution in [2.75, 3.05) is 13.7 Å². The maximum Gasteiger partial charge on any atom is 0.325 e. The van der Waals surface area contributed by atoms with Crippen LogP contribution in [0.5, 0.6) is 0 Å². The zero-order valence-corrected chi connectivity index (χ0v) is 17.8. The lowest BCUT2D eigenvalue weighted by Crippen LogP contribution is -2.36.